The van der Waals surface area contributed by atoms with Crippen molar-refractivity contribution in [1.29, 1.82) is 0 Å². The number of fused-ring (bicyclic) bond motifs is 3. The van der Waals surface area contributed by atoms with Gasteiger partial charge in [-0.25, -0.2) is 5.01 Å². The van der Waals surface area contributed by atoms with Crippen LogP contribution in [0, 0.1) is 0 Å². The Bertz CT molecular complexity index is 1130. The van der Waals surface area contributed by atoms with Crippen molar-refractivity contribution >= 4 is 5.71 Å². The molecule has 0 radical (unpaired) electrons. The monoisotopic (exact) mass is 402 g/mol. The molecule has 2 aliphatic rings. The zero-order valence-corrected chi connectivity index (χ0v) is 16.8. The molecule has 0 saturated carbocycles. The molecule has 2 aliphatic heterocycles. The van der Waals surface area contributed by atoms with Crippen LogP contribution in [0.15, 0.2) is 71.8 Å². The molecule has 0 aromatic heterocycles. The molecule has 5 rings (SSSR count). The number of benzene rings is 3. The topological polar surface area (TPSA) is 63.5 Å². The van der Waals surface area contributed by atoms with Gasteiger partial charge in [-0.1, -0.05) is 36.4 Å². The molecule has 2 heterocycles. The lowest BCUT2D eigenvalue weighted by atomic mass is 9.95. The molecule has 2 atom stereocenters. The molecule has 0 spiro atoms. The highest BCUT2D eigenvalue weighted by Gasteiger charge is 2.42. The Labute approximate surface area is 174 Å². The van der Waals surface area contributed by atoms with Gasteiger partial charge in [0.2, 0.25) is 6.23 Å². The van der Waals surface area contributed by atoms with E-state index in [1.807, 2.05) is 65.7 Å². The normalized spacial score (nSPS) is 19.4. The highest BCUT2D eigenvalue weighted by atomic mass is 16.5. The van der Waals surface area contributed by atoms with E-state index in [1.165, 1.54) is 0 Å². The van der Waals surface area contributed by atoms with E-state index < -0.39 is 6.23 Å². The summed E-state index contributed by atoms with van der Waals surface area (Å²) >= 11 is 0. The molecule has 30 heavy (non-hydrogen) atoms. The SMILES string of the molecule is COc1cccc(C2Oc3c(OC)cccc3C3CC(c4ccccc4O)=NN32)c1. The van der Waals surface area contributed by atoms with E-state index in [1.54, 1.807) is 20.3 Å². The molecule has 1 N–H and O–H groups in total. The van der Waals surface area contributed by atoms with Crippen molar-refractivity contribution in [3.05, 3.63) is 83.4 Å². The number of phenolic OH excluding ortho intramolecular Hbond substituents is 1. The number of hydrazone groups is 1. The second-order valence-electron chi connectivity index (χ2n) is 7.29. The lowest BCUT2D eigenvalue weighted by Gasteiger charge is -2.38. The summed E-state index contributed by atoms with van der Waals surface area (Å²) in [6, 6.07) is 20.9. The van der Waals surface area contributed by atoms with Gasteiger partial charge in [-0.15, -0.1) is 0 Å². The van der Waals surface area contributed by atoms with Crippen LogP contribution in [-0.2, 0) is 0 Å². The van der Waals surface area contributed by atoms with Crippen LogP contribution in [0.1, 0.15) is 35.4 Å². The molecule has 6 nitrogen and oxygen atoms in total. The third-order valence-electron chi connectivity index (χ3n) is 5.59. The average Bonchev–Trinajstić information content (AvgIpc) is 3.24. The van der Waals surface area contributed by atoms with Crippen molar-refractivity contribution in [2.24, 2.45) is 5.10 Å². The maximum atomic E-state index is 10.4. The summed E-state index contributed by atoms with van der Waals surface area (Å²) < 4.78 is 17.4. The van der Waals surface area contributed by atoms with Gasteiger partial charge in [0.25, 0.3) is 0 Å². The average molecular weight is 402 g/mol. The summed E-state index contributed by atoms with van der Waals surface area (Å²) in [5.74, 6) is 2.39. The Balaban J connectivity index is 1.64. The summed E-state index contributed by atoms with van der Waals surface area (Å²) in [4.78, 5) is 0. The number of hydrogen-bond acceptors (Lipinski definition) is 6. The van der Waals surface area contributed by atoms with Crippen molar-refractivity contribution in [2.45, 2.75) is 18.7 Å². The zero-order valence-electron chi connectivity index (χ0n) is 16.8. The third-order valence-corrected chi connectivity index (χ3v) is 5.59. The maximum Gasteiger partial charge on any atom is 0.214 e. The molecule has 152 valence electrons. The van der Waals surface area contributed by atoms with Crippen LogP contribution in [0.3, 0.4) is 0 Å². The summed E-state index contributed by atoms with van der Waals surface area (Å²) in [5.41, 5.74) is 3.51. The Morgan fingerprint density at radius 2 is 1.83 bits per heavy atom. The lowest BCUT2D eigenvalue weighted by molar-refractivity contribution is -0.0210. The molecule has 0 fully saturated rings. The standard InChI is InChI=1S/C24H22N2O4/c1-28-16-8-5-7-15(13-16)24-26-20(18-10-6-12-22(29-2)23(18)30-24)14-19(25-26)17-9-3-4-11-21(17)27/h3-13,20,24,27H,14H2,1-2H3. The van der Waals surface area contributed by atoms with E-state index in [-0.39, 0.29) is 11.8 Å². The smallest absolute Gasteiger partial charge is 0.214 e. The molecule has 0 bridgehead atoms. The fourth-order valence-electron chi connectivity index (χ4n) is 4.14. The minimum absolute atomic E-state index is 0.0327. The molecular weight excluding hydrogens is 380 g/mol. The van der Waals surface area contributed by atoms with Gasteiger partial charge in [-0.2, -0.15) is 5.10 Å². The van der Waals surface area contributed by atoms with Crippen LogP contribution in [0.25, 0.3) is 0 Å². The zero-order chi connectivity index (χ0) is 20.7. The predicted octanol–water partition coefficient (Wildman–Crippen LogP) is 4.65. The van der Waals surface area contributed by atoms with Gasteiger partial charge in [0.05, 0.1) is 26.0 Å². The van der Waals surface area contributed by atoms with E-state index in [9.17, 15) is 5.11 Å². The van der Waals surface area contributed by atoms with Crippen LogP contribution in [0.5, 0.6) is 23.0 Å². The highest BCUT2D eigenvalue weighted by molar-refractivity contribution is 6.04. The van der Waals surface area contributed by atoms with Gasteiger partial charge >= 0.3 is 0 Å². The van der Waals surface area contributed by atoms with Gasteiger partial charge in [0.15, 0.2) is 11.5 Å². The second-order valence-corrected chi connectivity index (χ2v) is 7.29. The first-order chi connectivity index (χ1) is 14.7. The Morgan fingerprint density at radius 3 is 2.63 bits per heavy atom. The molecular formula is C24H22N2O4. The van der Waals surface area contributed by atoms with E-state index >= 15 is 0 Å². The molecule has 0 saturated heterocycles. The molecule has 3 aromatic rings. The number of aromatic hydroxyl groups is 1. The van der Waals surface area contributed by atoms with Crippen molar-refractivity contribution in [2.75, 3.05) is 14.2 Å². The first kappa shape index (κ1) is 18.4. The lowest BCUT2D eigenvalue weighted by Crippen LogP contribution is -2.33. The fourth-order valence-corrected chi connectivity index (χ4v) is 4.14. The number of phenols is 1. The Hall–Kier alpha value is -3.67. The summed E-state index contributed by atoms with van der Waals surface area (Å²) in [6.45, 7) is 0. The van der Waals surface area contributed by atoms with Crippen molar-refractivity contribution in [1.82, 2.24) is 5.01 Å². The number of nitrogens with zero attached hydrogens (tertiary/aromatic N) is 2. The van der Waals surface area contributed by atoms with Crippen molar-refractivity contribution in [3.8, 4) is 23.0 Å². The number of hydrogen-bond donors (Lipinski definition) is 1. The molecule has 2 unspecified atom stereocenters. The van der Waals surface area contributed by atoms with E-state index in [0.717, 1.165) is 33.9 Å². The molecule has 6 heteroatoms. The summed E-state index contributed by atoms with van der Waals surface area (Å²) in [5, 5.41) is 17.2. The van der Waals surface area contributed by atoms with Gasteiger partial charge in [-0.3, -0.25) is 0 Å². The molecule has 3 aromatic carbocycles. The van der Waals surface area contributed by atoms with Gasteiger partial charge in [0.1, 0.15) is 11.5 Å². The third kappa shape index (κ3) is 2.92. The number of rotatable bonds is 4. The molecule has 0 aliphatic carbocycles. The first-order valence-electron chi connectivity index (χ1n) is 9.81. The molecule has 0 amide bonds. The predicted molar refractivity (Wildman–Crippen MR) is 113 cm³/mol. The van der Waals surface area contributed by atoms with Crippen LogP contribution in [0.4, 0.5) is 0 Å². The first-order valence-corrected chi connectivity index (χ1v) is 9.81. The van der Waals surface area contributed by atoms with Gasteiger partial charge in [0, 0.05) is 23.1 Å². The van der Waals surface area contributed by atoms with Crippen molar-refractivity contribution < 1.29 is 19.3 Å². The number of para-hydroxylation sites is 2. The van der Waals surface area contributed by atoms with E-state index in [2.05, 4.69) is 0 Å². The fraction of sp³-hybridized carbons (Fsp3) is 0.208. The minimum Gasteiger partial charge on any atom is -0.507 e. The maximum absolute atomic E-state index is 10.4. The van der Waals surface area contributed by atoms with Gasteiger partial charge < -0.3 is 19.3 Å². The van der Waals surface area contributed by atoms with Crippen LogP contribution in [0.2, 0.25) is 0 Å². The van der Waals surface area contributed by atoms with Crippen LogP contribution < -0.4 is 14.2 Å². The van der Waals surface area contributed by atoms with E-state index in [4.69, 9.17) is 19.3 Å². The van der Waals surface area contributed by atoms with Crippen LogP contribution in [-0.4, -0.2) is 30.0 Å². The summed E-state index contributed by atoms with van der Waals surface area (Å²) in [6.07, 6.45) is 0.207. The van der Waals surface area contributed by atoms with E-state index in [0.29, 0.717) is 12.2 Å². The van der Waals surface area contributed by atoms with Crippen LogP contribution >= 0.6 is 0 Å². The van der Waals surface area contributed by atoms with Gasteiger partial charge in [-0.05, 0) is 30.3 Å². The summed E-state index contributed by atoms with van der Waals surface area (Å²) in [7, 11) is 3.29. The highest BCUT2D eigenvalue weighted by Crippen LogP contribution is 2.51. The van der Waals surface area contributed by atoms with Crippen molar-refractivity contribution in [3.63, 3.8) is 0 Å². The number of ether oxygens (including phenoxy) is 3. The Morgan fingerprint density at radius 1 is 1.00 bits per heavy atom. The number of methoxy groups -OCH3 is 2. The second kappa shape index (κ2) is 7.30. The largest absolute Gasteiger partial charge is 0.507 e. The minimum atomic E-state index is -0.447. The Kier molecular flexibility index (Phi) is 4.47. The quantitative estimate of drug-likeness (QED) is 0.688.